The molecule has 0 spiro atoms. The van der Waals surface area contributed by atoms with Crippen molar-refractivity contribution < 1.29 is 0 Å². The van der Waals surface area contributed by atoms with Gasteiger partial charge in [-0.1, -0.05) is 28.1 Å². The summed E-state index contributed by atoms with van der Waals surface area (Å²) in [5.74, 6) is 0. The summed E-state index contributed by atoms with van der Waals surface area (Å²) in [6.07, 6.45) is 3.80. The van der Waals surface area contributed by atoms with Gasteiger partial charge in [0.2, 0.25) is 0 Å². The quantitative estimate of drug-likeness (QED) is 0.910. The standard InChI is InChI=1S/C15H20BrN3/c1-4-19-11-17-9-14(19)10-18-15(2,3)12-5-7-13(16)8-6-12/h5-9,11,18H,4,10H2,1-3H3. The second kappa shape index (κ2) is 5.88. The first-order valence-corrected chi connectivity index (χ1v) is 7.32. The van der Waals surface area contributed by atoms with Gasteiger partial charge in [-0.2, -0.15) is 0 Å². The summed E-state index contributed by atoms with van der Waals surface area (Å²) in [6, 6.07) is 8.45. The number of aromatic nitrogens is 2. The van der Waals surface area contributed by atoms with E-state index in [0.29, 0.717) is 0 Å². The maximum atomic E-state index is 4.19. The van der Waals surface area contributed by atoms with E-state index in [1.807, 2.05) is 12.5 Å². The molecule has 1 N–H and O–H groups in total. The van der Waals surface area contributed by atoms with Gasteiger partial charge in [-0.05, 0) is 38.5 Å². The third kappa shape index (κ3) is 3.45. The predicted molar refractivity (Wildman–Crippen MR) is 81.9 cm³/mol. The van der Waals surface area contributed by atoms with Crippen LogP contribution in [0.4, 0.5) is 0 Å². The Labute approximate surface area is 123 Å². The molecule has 0 bridgehead atoms. The summed E-state index contributed by atoms with van der Waals surface area (Å²) in [6.45, 7) is 8.30. The fraction of sp³-hybridized carbons (Fsp3) is 0.400. The van der Waals surface area contributed by atoms with E-state index in [4.69, 9.17) is 0 Å². The molecule has 1 heterocycles. The summed E-state index contributed by atoms with van der Waals surface area (Å²) in [7, 11) is 0. The minimum Gasteiger partial charge on any atom is -0.334 e. The van der Waals surface area contributed by atoms with Gasteiger partial charge in [0.1, 0.15) is 0 Å². The monoisotopic (exact) mass is 321 g/mol. The van der Waals surface area contributed by atoms with Crippen LogP contribution in [0, 0.1) is 0 Å². The van der Waals surface area contributed by atoms with Crippen molar-refractivity contribution in [2.24, 2.45) is 0 Å². The zero-order valence-corrected chi connectivity index (χ0v) is 13.2. The molecule has 0 aliphatic carbocycles. The van der Waals surface area contributed by atoms with E-state index in [2.05, 4.69) is 75.8 Å². The molecule has 0 unspecified atom stereocenters. The molecule has 3 nitrogen and oxygen atoms in total. The van der Waals surface area contributed by atoms with Gasteiger partial charge in [0.25, 0.3) is 0 Å². The molecule has 0 aliphatic rings. The molecule has 0 amide bonds. The molecule has 102 valence electrons. The van der Waals surface area contributed by atoms with Gasteiger partial charge in [-0.15, -0.1) is 0 Å². The van der Waals surface area contributed by atoms with Crippen molar-refractivity contribution in [3.05, 3.63) is 52.5 Å². The average molecular weight is 322 g/mol. The van der Waals surface area contributed by atoms with E-state index in [-0.39, 0.29) is 5.54 Å². The second-order valence-corrected chi connectivity index (χ2v) is 6.07. The Balaban J connectivity index is 2.07. The Morgan fingerprint density at radius 3 is 2.58 bits per heavy atom. The fourth-order valence-corrected chi connectivity index (χ4v) is 2.32. The van der Waals surface area contributed by atoms with Crippen molar-refractivity contribution in [2.45, 2.75) is 39.4 Å². The lowest BCUT2D eigenvalue weighted by molar-refractivity contribution is 0.394. The molecule has 19 heavy (non-hydrogen) atoms. The normalized spacial score (nSPS) is 11.8. The van der Waals surface area contributed by atoms with Crippen molar-refractivity contribution in [3.8, 4) is 0 Å². The van der Waals surface area contributed by atoms with Crippen LogP contribution in [0.25, 0.3) is 0 Å². The molecule has 0 saturated heterocycles. The topological polar surface area (TPSA) is 29.9 Å². The van der Waals surface area contributed by atoms with E-state index >= 15 is 0 Å². The van der Waals surface area contributed by atoms with Crippen LogP contribution >= 0.6 is 15.9 Å². The van der Waals surface area contributed by atoms with Crippen LogP contribution in [0.5, 0.6) is 0 Å². The molecular weight excluding hydrogens is 302 g/mol. The van der Waals surface area contributed by atoms with Crippen molar-refractivity contribution >= 4 is 15.9 Å². The first kappa shape index (κ1) is 14.3. The Morgan fingerprint density at radius 2 is 1.95 bits per heavy atom. The summed E-state index contributed by atoms with van der Waals surface area (Å²) < 4.78 is 3.26. The van der Waals surface area contributed by atoms with Crippen LogP contribution in [0.3, 0.4) is 0 Å². The molecule has 1 aromatic heterocycles. The van der Waals surface area contributed by atoms with Gasteiger partial charge in [-0.25, -0.2) is 4.98 Å². The highest BCUT2D eigenvalue weighted by Gasteiger charge is 2.19. The molecule has 0 radical (unpaired) electrons. The Hall–Kier alpha value is -1.13. The lowest BCUT2D eigenvalue weighted by Gasteiger charge is -2.27. The number of nitrogens with one attached hydrogen (secondary N) is 1. The highest BCUT2D eigenvalue weighted by molar-refractivity contribution is 9.10. The number of rotatable bonds is 5. The molecule has 0 fully saturated rings. The van der Waals surface area contributed by atoms with Gasteiger partial charge >= 0.3 is 0 Å². The minimum atomic E-state index is -0.0659. The zero-order chi connectivity index (χ0) is 13.9. The average Bonchev–Trinajstić information content (AvgIpc) is 2.84. The van der Waals surface area contributed by atoms with Crippen molar-refractivity contribution in [3.63, 3.8) is 0 Å². The summed E-state index contributed by atoms with van der Waals surface area (Å²) >= 11 is 3.47. The number of aryl methyl sites for hydroxylation is 1. The van der Waals surface area contributed by atoms with Crippen LogP contribution in [-0.2, 0) is 18.6 Å². The van der Waals surface area contributed by atoms with E-state index < -0.39 is 0 Å². The van der Waals surface area contributed by atoms with Gasteiger partial charge < -0.3 is 9.88 Å². The van der Waals surface area contributed by atoms with E-state index in [1.54, 1.807) is 0 Å². The smallest absolute Gasteiger partial charge is 0.0948 e. The molecular formula is C15H20BrN3. The van der Waals surface area contributed by atoms with Crippen LogP contribution in [0.1, 0.15) is 32.0 Å². The highest BCUT2D eigenvalue weighted by Crippen LogP contribution is 2.22. The number of hydrogen-bond donors (Lipinski definition) is 1. The SMILES string of the molecule is CCn1cncc1CNC(C)(C)c1ccc(Br)cc1. The first-order chi connectivity index (χ1) is 9.03. The molecule has 1 aromatic carbocycles. The van der Waals surface area contributed by atoms with Crippen LogP contribution in [0.15, 0.2) is 41.3 Å². The van der Waals surface area contributed by atoms with Gasteiger partial charge in [0, 0.05) is 29.3 Å². The molecule has 0 atom stereocenters. The minimum absolute atomic E-state index is 0.0659. The summed E-state index contributed by atoms with van der Waals surface area (Å²) in [5, 5.41) is 3.60. The van der Waals surface area contributed by atoms with E-state index in [0.717, 1.165) is 17.6 Å². The lowest BCUT2D eigenvalue weighted by atomic mass is 9.94. The van der Waals surface area contributed by atoms with Crippen molar-refractivity contribution in [2.75, 3.05) is 0 Å². The molecule has 2 rings (SSSR count). The Kier molecular flexibility index (Phi) is 4.42. The van der Waals surface area contributed by atoms with Gasteiger partial charge in [0.05, 0.1) is 12.0 Å². The molecule has 4 heteroatoms. The van der Waals surface area contributed by atoms with Crippen LogP contribution < -0.4 is 5.32 Å². The van der Waals surface area contributed by atoms with Crippen LogP contribution in [0.2, 0.25) is 0 Å². The zero-order valence-electron chi connectivity index (χ0n) is 11.7. The molecule has 0 saturated carbocycles. The number of halogens is 1. The number of imidazole rings is 1. The maximum Gasteiger partial charge on any atom is 0.0948 e. The summed E-state index contributed by atoms with van der Waals surface area (Å²) in [4.78, 5) is 4.19. The molecule has 0 aliphatic heterocycles. The Bertz CT molecular complexity index is 529. The Morgan fingerprint density at radius 1 is 1.26 bits per heavy atom. The second-order valence-electron chi connectivity index (χ2n) is 5.16. The number of nitrogens with zero attached hydrogens (tertiary/aromatic N) is 2. The number of hydrogen-bond acceptors (Lipinski definition) is 2. The maximum absolute atomic E-state index is 4.19. The van der Waals surface area contributed by atoms with E-state index in [1.165, 1.54) is 11.3 Å². The highest BCUT2D eigenvalue weighted by atomic mass is 79.9. The van der Waals surface area contributed by atoms with E-state index in [9.17, 15) is 0 Å². The van der Waals surface area contributed by atoms with Crippen LogP contribution in [-0.4, -0.2) is 9.55 Å². The third-order valence-electron chi connectivity index (χ3n) is 3.42. The third-order valence-corrected chi connectivity index (χ3v) is 3.95. The molecule has 2 aromatic rings. The van der Waals surface area contributed by atoms with Crippen molar-refractivity contribution in [1.82, 2.24) is 14.9 Å². The number of benzene rings is 1. The lowest BCUT2D eigenvalue weighted by Crippen LogP contribution is -2.36. The fourth-order valence-electron chi connectivity index (χ4n) is 2.06. The van der Waals surface area contributed by atoms with Gasteiger partial charge in [0.15, 0.2) is 0 Å². The first-order valence-electron chi connectivity index (χ1n) is 6.53. The predicted octanol–water partition coefficient (Wildman–Crippen LogP) is 3.69. The van der Waals surface area contributed by atoms with Gasteiger partial charge in [-0.3, -0.25) is 0 Å². The largest absolute Gasteiger partial charge is 0.334 e. The summed E-state index contributed by atoms with van der Waals surface area (Å²) in [5.41, 5.74) is 2.43. The van der Waals surface area contributed by atoms with Crippen molar-refractivity contribution in [1.29, 1.82) is 0 Å².